The highest BCUT2D eigenvalue weighted by Gasteiger charge is 2.14. The lowest BCUT2D eigenvalue weighted by Crippen LogP contribution is -1.95. The van der Waals surface area contributed by atoms with E-state index >= 15 is 0 Å². The molecular formula is C15H12N2O4. The number of methoxy groups -OCH3 is 1. The minimum absolute atomic E-state index is 0.0939. The number of hydrogen-bond donors (Lipinski definition) is 0. The Labute approximate surface area is 121 Å². The molecule has 0 saturated carbocycles. The van der Waals surface area contributed by atoms with Crippen LogP contribution in [0.2, 0.25) is 0 Å². The Kier molecular flexibility index (Phi) is 4.05. The highest BCUT2D eigenvalue weighted by molar-refractivity contribution is 5.53. The highest BCUT2D eigenvalue weighted by Crippen LogP contribution is 2.35. The van der Waals surface area contributed by atoms with Gasteiger partial charge in [0.05, 0.1) is 23.7 Å². The number of non-ortho nitro benzene ring substituents is 1. The molecule has 21 heavy (non-hydrogen) atoms. The molecule has 0 aliphatic heterocycles. The fourth-order valence-electron chi connectivity index (χ4n) is 1.79. The van der Waals surface area contributed by atoms with Gasteiger partial charge in [0.1, 0.15) is 11.8 Å². The van der Waals surface area contributed by atoms with E-state index in [1.165, 1.54) is 25.3 Å². The van der Waals surface area contributed by atoms with Crippen LogP contribution in [-0.4, -0.2) is 12.0 Å². The van der Waals surface area contributed by atoms with Crippen LogP contribution < -0.4 is 9.47 Å². The monoisotopic (exact) mass is 284 g/mol. The van der Waals surface area contributed by atoms with Gasteiger partial charge in [0.15, 0.2) is 11.5 Å². The average molecular weight is 284 g/mol. The van der Waals surface area contributed by atoms with Crippen LogP contribution in [0.5, 0.6) is 17.2 Å². The van der Waals surface area contributed by atoms with Crippen LogP contribution in [0.25, 0.3) is 0 Å². The number of benzene rings is 2. The van der Waals surface area contributed by atoms with Gasteiger partial charge in [-0.1, -0.05) is 6.07 Å². The summed E-state index contributed by atoms with van der Waals surface area (Å²) in [7, 11) is 1.40. The lowest BCUT2D eigenvalue weighted by atomic mass is 10.1. The van der Waals surface area contributed by atoms with Gasteiger partial charge in [-0.3, -0.25) is 10.1 Å². The minimum atomic E-state index is -0.515. The first-order valence-corrected chi connectivity index (χ1v) is 6.06. The molecule has 0 unspecified atom stereocenters. The minimum Gasteiger partial charge on any atom is -0.493 e. The first kappa shape index (κ1) is 14.3. The van der Waals surface area contributed by atoms with Crippen molar-refractivity contribution in [2.45, 2.75) is 6.92 Å². The summed E-state index contributed by atoms with van der Waals surface area (Å²) < 4.78 is 10.7. The third kappa shape index (κ3) is 3.09. The summed E-state index contributed by atoms with van der Waals surface area (Å²) in [6, 6.07) is 11.3. The van der Waals surface area contributed by atoms with E-state index in [4.69, 9.17) is 14.7 Å². The number of ether oxygens (including phenoxy) is 2. The number of rotatable bonds is 4. The second-order valence-electron chi connectivity index (χ2n) is 4.31. The first-order valence-electron chi connectivity index (χ1n) is 6.06. The van der Waals surface area contributed by atoms with E-state index in [1.54, 1.807) is 12.1 Å². The summed E-state index contributed by atoms with van der Waals surface area (Å²) in [5.41, 5.74) is 1.23. The van der Waals surface area contributed by atoms with Crippen molar-refractivity contribution in [2.24, 2.45) is 0 Å². The summed E-state index contributed by atoms with van der Waals surface area (Å²) in [4.78, 5) is 10.2. The SMILES string of the molecule is COc1cc([N+](=O)[O-])ccc1Oc1ccc(C)cc1C#N. The van der Waals surface area contributed by atoms with Gasteiger partial charge in [0.25, 0.3) is 5.69 Å². The molecule has 0 heterocycles. The molecule has 6 heteroatoms. The predicted octanol–water partition coefficient (Wildman–Crippen LogP) is 3.58. The largest absolute Gasteiger partial charge is 0.493 e. The van der Waals surface area contributed by atoms with E-state index < -0.39 is 4.92 Å². The molecular weight excluding hydrogens is 272 g/mol. The fourth-order valence-corrected chi connectivity index (χ4v) is 1.79. The molecule has 106 valence electrons. The highest BCUT2D eigenvalue weighted by atomic mass is 16.6. The van der Waals surface area contributed by atoms with E-state index in [0.717, 1.165) is 5.56 Å². The van der Waals surface area contributed by atoms with Gasteiger partial charge in [-0.05, 0) is 30.7 Å². The summed E-state index contributed by atoms with van der Waals surface area (Å²) >= 11 is 0. The van der Waals surface area contributed by atoms with Crippen LogP contribution in [0.1, 0.15) is 11.1 Å². The zero-order chi connectivity index (χ0) is 15.4. The van der Waals surface area contributed by atoms with Gasteiger partial charge in [-0.15, -0.1) is 0 Å². The van der Waals surface area contributed by atoms with Crippen molar-refractivity contribution in [3.05, 3.63) is 57.6 Å². The van der Waals surface area contributed by atoms with Gasteiger partial charge in [-0.2, -0.15) is 5.26 Å². The quantitative estimate of drug-likeness (QED) is 0.632. The maximum Gasteiger partial charge on any atom is 0.273 e. The number of hydrogen-bond acceptors (Lipinski definition) is 5. The van der Waals surface area contributed by atoms with Crippen molar-refractivity contribution in [1.29, 1.82) is 5.26 Å². The summed E-state index contributed by atoms with van der Waals surface area (Å²) in [6.45, 7) is 1.87. The molecule has 0 N–H and O–H groups in total. The maximum atomic E-state index is 10.7. The Bertz CT molecular complexity index is 735. The molecule has 0 radical (unpaired) electrons. The molecule has 6 nitrogen and oxygen atoms in total. The molecule has 0 bridgehead atoms. The number of nitrogens with zero attached hydrogens (tertiary/aromatic N) is 2. The Morgan fingerprint density at radius 2 is 1.86 bits per heavy atom. The van der Waals surface area contributed by atoms with Gasteiger partial charge in [0.2, 0.25) is 0 Å². The van der Waals surface area contributed by atoms with Gasteiger partial charge in [0, 0.05) is 6.07 Å². The van der Waals surface area contributed by atoms with Crippen molar-refractivity contribution in [2.75, 3.05) is 7.11 Å². The molecule has 0 amide bonds. The zero-order valence-corrected chi connectivity index (χ0v) is 11.5. The molecule has 0 spiro atoms. The van der Waals surface area contributed by atoms with Crippen LogP contribution >= 0.6 is 0 Å². The number of aryl methyl sites for hydroxylation is 1. The van der Waals surface area contributed by atoms with Crippen molar-refractivity contribution >= 4 is 5.69 Å². The van der Waals surface area contributed by atoms with Gasteiger partial charge in [-0.25, -0.2) is 0 Å². The second kappa shape index (κ2) is 5.92. The van der Waals surface area contributed by atoms with Gasteiger partial charge >= 0.3 is 0 Å². The Balaban J connectivity index is 2.40. The molecule has 2 aromatic rings. The average Bonchev–Trinajstić information content (AvgIpc) is 2.49. The predicted molar refractivity (Wildman–Crippen MR) is 75.6 cm³/mol. The van der Waals surface area contributed by atoms with Crippen LogP contribution in [-0.2, 0) is 0 Å². The Hall–Kier alpha value is -3.07. The topological polar surface area (TPSA) is 85.4 Å². The molecule has 2 rings (SSSR count). The normalized spacial score (nSPS) is 9.76. The van der Waals surface area contributed by atoms with Crippen molar-refractivity contribution in [1.82, 2.24) is 0 Å². The maximum absolute atomic E-state index is 10.7. The van der Waals surface area contributed by atoms with E-state index in [0.29, 0.717) is 17.1 Å². The Morgan fingerprint density at radius 1 is 1.14 bits per heavy atom. The van der Waals surface area contributed by atoms with Crippen LogP contribution in [0.3, 0.4) is 0 Å². The molecule has 0 aromatic heterocycles. The molecule has 0 fully saturated rings. The summed E-state index contributed by atoms with van der Waals surface area (Å²) in [5.74, 6) is 0.910. The fraction of sp³-hybridized carbons (Fsp3) is 0.133. The number of nitro groups is 1. The lowest BCUT2D eigenvalue weighted by Gasteiger charge is -2.11. The first-order chi connectivity index (χ1) is 10.0. The molecule has 0 aliphatic rings. The summed E-state index contributed by atoms with van der Waals surface area (Å²) in [5, 5.41) is 19.9. The summed E-state index contributed by atoms with van der Waals surface area (Å²) in [6.07, 6.45) is 0. The van der Waals surface area contributed by atoms with Crippen molar-refractivity contribution < 1.29 is 14.4 Å². The zero-order valence-electron chi connectivity index (χ0n) is 11.5. The van der Waals surface area contributed by atoms with Crippen LogP contribution in [0.15, 0.2) is 36.4 Å². The Morgan fingerprint density at radius 3 is 2.48 bits per heavy atom. The second-order valence-corrected chi connectivity index (χ2v) is 4.31. The van der Waals surface area contributed by atoms with E-state index in [9.17, 15) is 10.1 Å². The third-order valence-electron chi connectivity index (χ3n) is 2.83. The van der Waals surface area contributed by atoms with E-state index in [-0.39, 0.29) is 11.4 Å². The van der Waals surface area contributed by atoms with E-state index in [1.807, 2.05) is 19.1 Å². The smallest absolute Gasteiger partial charge is 0.273 e. The van der Waals surface area contributed by atoms with Gasteiger partial charge < -0.3 is 9.47 Å². The lowest BCUT2D eigenvalue weighted by molar-refractivity contribution is -0.384. The van der Waals surface area contributed by atoms with Crippen molar-refractivity contribution in [3.63, 3.8) is 0 Å². The van der Waals surface area contributed by atoms with Crippen LogP contribution in [0, 0.1) is 28.4 Å². The molecule has 2 aromatic carbocycles. The third-order valence-corrected chi connectivity index (χ3v) is 2.83. The number of nitro benzene ring substituents is 1. The standard InChI is InChI=1S/C15H12N2O4/c1-10-3-5-13(11(7-10)9-16)21-14-6-4-12(17(18)19)8-15(14)20-2/h3-8H,1-2H3. The van der Waals surface area contributed by atoms with Crippen LogP contribution in [0.4, 0.5) is 5.69 Å². The van der Waals surface area contributed by atoms with Crippen molar-refractivity contribution in [3.8, 4) is 23.3 Å². The molecule has 0 aliphatic carbocycles. The molecule has 0 saturated heterocycles. The molecule has 0 atom stereocenters. The number of nitriles is 1. The van der Waals surface area contributed by atoms with E-state index in [2.05, 4.69) is 0 Å².